The SMILES string of the molecule is C/C=C/CC(SC#N)C(=O)OC. The maximum Gasteiger partial charge on any atom is 0.320 e. The van der Waals surface area contributed by atoms with Gasteiger partial charge in [-0.25, -0.2) is 0 Å². The molecule has 0 aliphatic rings. The zero-order valence-electron chi connectivity index (χ0n) is 7.11. The van der Waals surface area contributed by atoms with Gasteiger partial charge in [-0.1, -0.05) is 12.2 Å². The van der Waals surface area contributed by atoms with Crippen molar-refractivity contribution in [2.75, 3.05) is 7.11 Å². The zero-order valence-corrected chi connectivity index (χ0v) is 7.93. The van der Waals surface area contributed by atoms with E-state index in [1.54, 1.807) is 0 Å². The molecule has 0 aliphatic heterocycles. The Morgan fingerprint density at radius 2 is 2.50 bits per heavy atom. The number of methoxy groups -OCH3 is 1. The number of allylic oxidation sites excluding steroid dienone is 2. The summed E-state index contributed by atoms with van der Waals surface area (Å²) in [5, 5.41) is 9.84. The van der Waals surface area contributed by atoms with Gasteiger partial charge in [-0.3, -0.25) is 4.79 Å². The number of hydrogen-bond donors (Lipinski definition) is 0. The number of ether oxygens (including phenoxy) is 1. The predicted octanol–water partition coefficient (Wildman–Crippen LogP) is 1.71. The van der Waals surface area contributed by atoms with E-state index in [2.05, 4.69) is 4.74 Å². The van der Waals surface area contributed by atoms with Crippen LogP contribution < -0.4 is 0 Å². The van der Waals surface area contributed by atoms with Crippen LogP contribution in [-0.2, 0) is 9.53 Å². The van der Waals surface area contributed by atoms with Gasteiger partial charge in [0.05, 0.1) is 7.11 Å². The normalized spacial score (nSPS) is 12.4. The van der Waals surface area contributed by atoms with Gasteiger partial charge in [0.2, 0.25) is 0 Å². The molecule has 0 spiro atoms. The topological polar surface area (TPSA) is 50.1 Å². The van der Waals surface area contributed by atoms with Crippen LogP contribution in [0.3, 0.4) is 0 Å². The highest BCUT2D eigenvalue weighted by molar-refractivity contribution is 8.04. The fourth-order valence-electron chi connectivity index (χ4n) is 0.647. The van der Waals surface area contributed by atoms with Crippen molar-refractivity contribution in [1.82, 2.24) is 0 Å². The second-order valence-electron chi connectivity index (χ2n) is 2.03. The van der Waals surface area contributed by atoms with Crippen LogP contribution in [0.15, 0.2) is 12.2 Å². The Bertz CT molecular complexity index is 208. The molecule has 0 saturated carbocycles. The van der Waals surface area contributed by atoms with Crippen molar-refractivity contribution in [1.29, 1.82) is 5.26 Å². The van der Waals surface area contributed by atoms with E-state index in [1.807, 2.05) is 24.5 Å². The molecule has 0 aromatic carbocycles. The van der Waals surface area contributed by atoms with Crippen molar-refractivity contribution in [3.63, 3.8) is 0 Å². The first-order valence-corrected chi connectivity index (χ1v) is 4.38. The first-order valence-electron chi connectivity index (χ1n) is 3.50. The minimum Gasteiger partial charge on any atom is -0.468 e. The standard InChI is InChI=1S/C8H11NO2S/c1-3-4-5-7(12-6-9)8(10)11-2/h3-4,7H,5H2,1-2H3/b4-3+. The average molecular weight is 185 g/mol. The van der Waals surface area contributed by atoms with Gasteiger partial charge in [-0.15, -0.1) is 0 Å². The van der Waals surface area contributed by atoms with Crippen molar-refractivity contribution in [3.8, 4) is 5.40 Å². The highest BCUT2D eigenvalue weighted by atomic mass is 32.2. The Balaban J connectivity index is 4.04. The fourth-order valence-corrected chi connectivity index (χ4v) is 1.17. The molecular formula is C8H11NO2S. The molecule has 0 aliphatic carbocycles. The van der Waals surface area contributed by atoms with Gasteiger partial charge in [0.25, 0.3) is 0 Å². The smallest absolute Gasteiger partial charge is 0.320 e. The van der Waals surface area contributed by atoms with E-state index in [-0.39, 0.29) is 5.97 Å². The molecule has 66 valence electrons. The van der Waals surface area contributed by atoms with Crippen LogP contribution in [0.5, 0.6) is 0 Å². The predicted molar refractivity (Wildman–Crippen MR) is 48.4 cm³/mol. The van der Waals surface area contributed by atoms with E-state index >= 15 is 0 Å². The van der Waals surface area contributed by atoms with E-state index in [4.69, 9.17) is 5.26 Å². The molecule has 0 aromatic rings. The number of carbonyl (C=O) groups is 1. The van der Waals surface area contributed by atoms with Crippen LogP contribution in [0.25, 0.3) is 0 Å². The Kier molecular flexibility index (Phi) is 6.21. The van der Waals surface area contributed by atoms with E-state index in [0.29, 0.717) is 6.42 Å². The summed E-state index contributed by atoms with van der Waals surface area (Å²) >= 11 is 0.929. The van der Waals surface area contributed by atoms with Crippen molar-refractivity contribution < 1.29 is 9.53 Å². The van der Waals surface area contributed by atoms with Crippen molar-refractivity contribution in [2.24, 2.45) is 0 Å². The molecule has 0 N–H and O–H groups in total. The van der Waals surface area contributed by atoms with Crippen LogP contribution in [0.1, 0.15) is 13.3 Å². The quantitative estimate of drug-likeness (QED) is 0.380. The molecular weight excluding hydrogens is 174 g/mol. The minimum atomic E-state index is -0.392. The van der Waals surface area contributed by atoms with Gasteiger partial charge in [-0.05, 0) is 25.1 Å². The lowest BCUT2D eigenvalue weighted by Crippen LogP contribution is -2.17. The maximum atomic E-state index is 11.0. The van der Waals surface area contributed by atoms with Gasteiger partial charge in [0, 0.05) is 0 Å². The van der Waals surface area contributed by atoms with Gasteiger partial charge >= 0.3 is 5.97 Å². The van der Waals surface area contributed by atoms with Crippen molar-refractivity contribution in [2.45, 2.75) is 18.6 Å². The minimum absolute atomic E-state index is 0.348. The summed E-state index contributed by atoms with van der Waals surface area (Å²) in [5.74, 6) is -0.348. The van der Waals surface area contributed by atoms with Crippen LogP contribution >= 0.6 is 11.8 Å². The highest BCUT2D eigenvalue weighted by Crippen LogP contribution is 2.14. The molecule has 0 saturated heterocycles. The number of thioether (sulfide) groups is 1. The van der Waals surface area contributed by atoms with E-state index in [0.717, 1.165) is 11.8 Å². The third-order valence-corrected chi connectivity index (χ3v) is 2.02. The van der Waals surface area contributed by atoms with Crippen LogP contribution in [0.2, 0.25) is 0 Å². The zero-order chi connectivity index (χ0) is 9.40. The Morgan fingerprint density at radius 1 is 1.83 bits per heavy atom. The molecule has 0 heterocycles. The highest BCUT2D eigenvalue weighted by Gasteiger charge is 2.17. The maximum absolute atomic E-state index is 11.0. The summed E-state index contributed by atoms with van der Waals surface area (Å²) in [6.45, 7) is 1.87. The second-order valence-corrected chi connectivity index (χ2v) is 3.01. The van der Waals surface area contributed by atoms with Gasteiger partial charge in [0.15, 0.2) is 0 Å². The summed E-state index contributed by atoms with van der Waals surface area (Å²) in [5.41, 5.74) is 0. The molecule has 0 amide bonds. The molecule has 0 fully saturated rings. The van der Waals surface area contributed by atoms with Crippen molar-refractivity contribution in [3.05, 3.63) is 12.2 Å². The Labute approximate surface area is 76.4 Å². The monoisotopic (exact) mass is 185 g/mol. The molecule has 4 heteroatoms. The Morgan fingerprint density at radius 3 is 2.92 bits per heavy atom. The summed E-state index contributed by atoms with van der Waals surface area (Å²) < 4.78 is 4.52. The lowest BCUT2D eigenvalue weighted by atomic mass is 10.3. The molecule has 1 unspecified atom stereocenters. The Hall–Kier alpha value is -0.950. The molecule has 0 bridgehead atoms. The van der Waals surface area contributed by atoms with Gasteiger partial charge in [0.1, 0.15) is 10.7 Å². The van der Waals surface area contributed by atoms with Crippen molar-refractivity contribution >= 4 is 17.7 Å². The second kappa shape index (κ2) is 6.74. The van der Waals surface area contributed by atoms with Crippen LogP contribution in [0, 0.1) is 10.7 Å². The number of nitrogens with zero attached hydrogens (tertiary/aromatic N) is 1. The molecule has 0 radical (unpaired) electrons. The summed E-state index contributed by atoms with van der Waals surface area (Å²) in [4.78, 5) is 11.0. The third kappa shape index (κ3) is 4.04. The first-order chi connectivity index (χ1) is 5.76. The molecule has 12 heavy (non-hydrogen) atoms. The van der Waals surface area contributed by atoms with E-state index < -0.39 is 5.25 Å². The molecule has 0 aromatic heterocycles. The lowest BCUT2D eigenvalue weighted by molar-refractivity contribution is -0.139. The van der Waals surface area contributed by atoms with Gasteiger partial charge < -0.3 is 4.74 Å². The summed E-state index contributed by atoms with van der Waals surface area (Å²) in [7, 11) is 1.32. The molecule has 0 rings (SSSR count). The number of hydrogen-bond acceptors (Lipinski definition) is 4. The van der Waals surface area contributed by atoms with Crippen LogP contribution in [0.4, 0.5) is 0 Å². The summed E-state index contributed by atoms with van der Waals surface area (Å²) in [6, 6.07) is 0. The number of esters is 1. The number of thiocyanates is 1. The molecule has 1 atom stereocenters. The lowest BCUT2D eigenvalue weighted by Gasteiger charge is -2.06. The molecule has 3 nitrogen and oxygen atoms in total. The summed E-state index contributed by atoms with van der Waals surface area (Å²) in [6.07, 6.45) is 4.22. The first kappa shape index (κ1) is 11.1. The number of carbonyl (C=O) groups excluding carboxylic acids is 1. The van der Waals surface area contributed by atoms with E-state index in [9.17, 15) is 4.79 Å². The van der Waals surface area contributed by atoms with Gasteiger partial charge in [-0.2, -0.15) is 5.26 Å². The largest absolute Gasteiger partial charge is 0.468 e. The number of rotatable bonds is 4. The average Bonchev–Trinajstić information content (AvgIpc) is 2.11. The third-order valence-electron chi connectivity index (χ3n) is 1.24. The van der Waals surface area contributed by atoms with E-state index in [1.165, 1.54) is 7.11 Å². The van der Waals surface area contributed by atoms with Crippen LogP contribution in [-0.4, -0.2) is 18.3 Å². The fraction of sp³-hybridized carbons (Fsp3) is 0.500. The number of nitriles is 1.